The van der Waals surface area contributed by atoms with E-state index in [9.17, 15) is 4.79 Å². The molecule has 0 saturated heterocycles. The minimum absolute atomic E-state index is 0.233. The number of fused-ring (bicyclic) bond motifs is 1. The Morgan fingerprint density at radius 2 is 1.92 bits per heavy atom. The third-order valence-corrected chi connectivity index (χ3v) is 4.31. The van der Waals surface area contributed by atoms with Crippen LogP contribution < -0.4 is 14.8 Å². The number of ether oxygens (including phenoxy) is 2. The smallest absolute Gasteiger partial charge is 0.250 e. The molecule has 1 N–H and O–H groups in total. The lowest BCUT2D eigenvalue weighted by molar-refractivity contribution is -0.111. The molecule has 0 unspecified atom stereocenters. The van der Waals surface area contributed by atoms with E-state index in [1.165, 1.54) is 17.4 Å². The van der Waals surface area contributed by atoms with Crippen molar-refractivity contribution in [3.05, 3.63) is 54.1 Å². The molecule has 0 radical (unpaired) electrons. The van der Waals surface area contributed by atoms with Crippen LogP contribution in [-0.2, 0) is 4.79 Å². The van der Waals surface area contributed by atoms with E-state index in [2.05, 4.69) is 10.3 Å². The Morgan fingerprint density at radius 3 is 2.67 bits per heavy atom. The summed E-state index contributed by atoms with van der Waals surface area (Å²) in [5.74, 6) is 1.03. The summed E-state index contributed by atoms with van der Waals surface area (Å²) in [5, 5.41) is 3.36. The molecule has 24 heavy (non-hydrogen) atoms. The van der Waals surface area contributed by atoms with Crippen molar-refractivity contribution in [1.82, 2.24) is 4.98 Å². The van der Waals surface area contributed by atoms with E-state index in [-0.39, 0.29) is 5.91 Å². The Kier molecular flexibility index (Phi) is 4.77. The highest BCUT2D eigenvalue weighted by atomic mass is 32.1. The number of nitrogens with zero attached hydrogens (tertiary/aromatic N) is 1. The quantitative estimate of drug-likeness (QED) is 0.714. The van der Waals surface area contributed by atoms with E-state index in [0.717, 1.165) is 15.8 Å². The summed E-state index contributed by atoms with van der Waals surface area (Å²) in [6, 6.07) is 13.2. The number of benzene rings is 2. The molecule has 5 nitrogen and oxygen atoms in total. The normalized spacial score (nSPS) is 10.9. The van der Waals surface area contributed by atoms with Crippen LogP contribution in [0.3, 0.4) is 0 Å². The fourth-order valence-corrected chi connectivity index (χ4v) is 3.07. The van der Waals surface area contributed by atoms with Gasteiger partial charge in [0.1, 0.15) is 0 Å². The summed E-state index contributed by atoms with van der Waals surface area (Å²) in [6.07, 6.45) is 3.18. The summed E-state index contributed by atoms with van der Waals surface area (Å²) in [6.45, 7) is 0. The van der Waals surface area contributed by atoms with Crippen LogP contribution in [0.2, 0.25) is 0 Å². The molecule has 0 saturated carbocycles. The predicted molar refractivity (Wildman–Crippen MR) is 96.8 cm³/mol. The van der Waals surface area contributed by atoms with Crippen LogP contribution in [0, 0.1) is 0 Å². The van der Waals surface area contributed by atoms with Crippen molar-refractivity contribution in [2.75, 3.05) is 19.5 Å². The van der Waals surface area contributed by atoms with Gasteiger partial charge in [0, 0.05) is 6.08 Å². The first kappa shape index (κ1) is 16.0. The van der Waals surface area contributed by atoms with E-state index >= 15 is 0 Å². The molecule has 0 aliphatic carbocycles. The summed E-state index contributed by atoms with van der Waals surface area (Å²) in [7, 11) is 3.16. The Labute approximate surface area is 143 Å². The molecule has 0 fully saturated rings. The Hall–Kier alpha value is -2.86. The van der Waals surface area contributed by atoms with Gasteiger partial charge >= 0.3 is 0 Å². The van der Waals surface area contributed by atoms with Gasteiger partial charge in [0.25, 0.3) is 0 Å². The Balaban J connectivity index is 1.71. The highest BCUT2D eigenvalue weighted by Gasteiger charge is 2.06. The standard InChI is InChI=1S/C18H16N2O3S/c1-22-14-9-7-12(11-15(14)23-2)8-10-17(21)20-18-19-13-5-3-4-6-16(13)24-18/h3-11H,1-2H3,(H,19,20,21)/b10-8+. The number of anilines is 1. The van der Waals surface area contributed by atoms with Gasteiger partial charge in [-0.2, -0.15) is 0 Å². The molecule has 1 aromatic heterocycles. The van der Waals surface area contributed by atoms with E-state index < -0.39 is 0 Å². The fraction of sp³-hybridized carbons (Fsp3) is 0.111. The van der Waals surface area contributed by atoms with E-state index in [1.54, 1.807) is 32.4 Å². The number of hydrogen-bond donors (Lipinski definition) is 1. The Morgan fingerprint density at radius 1 is 1.12 bits per heavy atom. The van der Waals surface area contributed by atoms with Crippen molar-refractivity contribution in [1.29, 1.82) is 0 Å². The number of rotatable bonds is 5. The third-order valence-electron chi connectivity index (χ3n) is 3.36. The van der Waals surface area contributed by atoms with E-state index in [4.69, 9.17) is 9.47 Å². The largest absolute Gasteiger partial charge is 0.493 e. The maximum Gasteiger partial charge on any atom is 0.250 e. The number of hydrogen-bond acceptors (Lipinski definition) is 5. The number of thiazole rings is 1. The van der Waals surface area contributed by atoms with Gasteiger partial charge in [0.15, 0.2) is 16.6 Å². The number of para-hydroxylation sites is 1. The molecule has 0 spiro atoms. The first-order valence-electron chi connectivity index (χ1n) is 7.26. The van der Waals surface area contributed by atoms with Crippen LogP contribution in [0.5, 0.6) is 11.5 Å². The van der Waals surface area contributed by atoms with Gasteiger partial charge in [0.2, 0.25) is 5.91 Å². The van der Waals surface area contributed by atoms with Crippen LogP contribution in [0.15, 0.2) is 48.5 Å². The van der Waals surface area contributed by atoms with Crippen molar-refractivity contribution in [3.63, 3.8) is 0 Å². The molecule has 2 aromatic carbocycles. The van der Waals surface area contributed by atoms with Crippen molar-refractivity contribution in [3.8, 4) is 11.5 Å². The molecule has 6 heteroatoms. The first-order valence-corrected chi connectivity index (χ1v) is 8.08. The molecule has 0 bridgehead atoms. The lowest BCUT2D eigenvalue weighted by atomic mass is 10.2. The molecule has 0 atom stereocenters. The van der Waals surface area contributed by atoms with Crippen LogP contribution in [0.25, 0.3) is 16.3 Å². The lowest BCUT2D eigenvalue weighted by Gasteiger charge is -2.07. The molecular weight excluding hydrogens is 324 g/mol. The molecule has 1 heterocycles. The molecule has 1 amide bonds. The minimum Gasteiger partial charge on any atom is -0.493 e. The van der Waals surface area contributed by atoms with Gasteiger partial charge in [-0.25, -0.2) is 4.98 Å². The summed E-state index contributed by atoms with van der Waals surface area (Å²) < 4.78 is 11.5. The van der Waals surface area contributed by atoms with Crippen LogP contribution in [0.1, 0.15) is 5.56 Å². The van der Waals surface area contributed by atoms with Gasteiger partial charge in [-0.15, -0.1) is 0 Å². The number of aromatic nitrogens is 1. The van der Waals surface area contributed by atoms with Crippen LogP contribution >= 0.6 is 11.3 Å². The molecular formula is C18H16N2O3S. The second-order valence-corrected chi connectivity index (χ2v) is 5.95. The van der Waals surface area contributed by atoms with Crippen molar-refractivity contribution in [2.45, 2.75) is 0 Å². The average Bonchev–Trinajstić information content (AvgIpc) is 3.01. The van der Waals surface area contributed by atoms with E-state index in [1.807, 2.05) is 30.3 Å². The van der Waals surface area contributed by atoms with Crippen LogP contribution in [0.4, 0.5) is 5.13 Å². The summed E-state index contributed by atoms with van der Waals surface area (Å²) in [4.78, 5) is 16.4. The maximum atomic E-state index is 12.1. The van der Waals surface area contributed by atoms with Gasteiger partial charge in [-0.3, -0.25) is 10.1 Å². The second kappa shape index (κ2) is 7.14. The molecule has 0 aliphatic heterocycles. The Bertz CT molecular complexity index is 869. The van der Waals surface area contributed by atoms with Crippen molar-refractivity contribution < 1.29 is 14.3 Å². The topological polar surface area (TPSA) is 60.5 Å². The molecule has 122 valence electrons. The highest BCUT2D eigenvalue weighted by molar-refractivity contribution is 7.22. The van der Waals surface area contributed by atoms with Gasteiger partial charge in [-0.05, 0) is 35.9 Å². The van der Waals surface area contributed by atoms with Gasteiger partial charge in [-0.1, -0.05) is 29.5 Å². The highest BCUT2D eigenvalue weighted by Crippen LogP contribution is 2.28. The predicted octanol–water partition coefficient (Wildman–Crippen LogP) is 3.97. The monoisotopic (exact) mass is 340 g/mol. The zero-order valence-corrected chi connectivity index (χ0v) is 14.1. The fourth-order valence-electron chi connectivity index (χ4n) is 2.20. The number of amides is 1. The van der Waals surface area contributed by atoms with Gasteiger partial charge < -0.3 is 9.47 Å². The first-order chi connectivity index (χ1) is 11.7. The molecule has 0 aliphatic rings. The van der Waals surface area contributed by atoms with Crippen molar-refractivity contribution in [2.24, 2.45) is 0 Å². The number of nitrogens with one attached hydrogen (secondary N) is 1. The third kappa shape index (κ3) is 3.55. The summed E-state index contributed by atoms with van der Waals surface area (Å²) in [5.41, 5.74) is 1.72. The lowest BCUT2D eigenvalue weighted by Crippen LogP contribution is -2.07. The van der Waals surface area contributed by atoms with Crippen LogP contribution in [-0.4, -0.2) is 25.1 Å². The molecule has 3 aromatic rings. The van der Waals surface area contributed by atoms with Crippen molar-refractivity contribution >= 4 is 38.7 Å². The summed E-state index contributed by atoms with van der Waals surface area (Å²) >= 11 is 1.44. The molecule has 3 rings (SSSR count). The minimum atomic E-state index is -0.233. The van der Waals surface area contributed by atoms with E-state index in [0.29, 0.717) is 16.6 Å². The zero-order chi connectivity index (χ0) is 16.9. The number of carbonyl (C=O) groups excluding carboxylic acids is 1. The SMILES string of the molecule is COc1ccc(/C=C/C(=O)Nc2nc3ccccc3s2)cc1OC. The number of methoxy groups -OCH3 is 2. The average molecular weight is 340 g/mol. The zero-order valence-electron chi connectivity index (χ0n) is 13.3. The van der Waals surface area contributed by atoms with Gasteiger partial charge in [0.05, 0.1) is 24.4 Å². The number of carbonyl (C=O) groups is 1. The second-order valence-electron chi connectivity index (χ2n) is 4.92. The maximum absolute atomic E-state index is 12.1.